The van der Waals surface area contributed by atoms with E-state index in [1.54, 1.807) is 38.0 Å². The van der Waals surface area contributed by atoms with Crippen LogP contribution in [0.25, 0.3) is 0 Å². The van der Waals surface area contributed by atoms with Gasteiger partial charge in [0.2, 0.25) is 18.1 Å². The fraction of sp³-hybridized carbons (Fsp3) is 0.478. The summed E-state index contributed by atoms with van der Waals surface area (Å²) in [4.78, 5) is 40.1. The van der Waals surface area contributed by atoms with Crippen molar-refractivity contribution in [1.82, 2.24) is 25.8 Å². The van der Waals surface area contributed by atoms with E-state index in [1.165, 1.54) is 4.90 Å². The van der Waals surface area contributed by atoms with Crippen LogP contribution in [0.3, 0.4) is 0 Å². The number of hydrazine groups is 1. The average molecular weight is 570 g/mol. The first-order valence-corrected chi connectivity index (χ1v) is 14.0. The number of halogens is 1. The average Bonchev–Trinajstić information content (AvgIpc) is 3.40. The SMILES string of the molecule is CS(=O)(=O)O.Cc1nc(NNC(=O)[C@@H](CONC=O)CC2CCCC2)c(F)c(N2C=CN3C=COCC3=C2)n1. The number of nitrogens with zero attached hydrogens (tertiary/aromatic N) is 4. The van der Waals surface area contributed by atoms with Gasteiger partial charge in [-0.25, -0.2) is 15.4 Å². The molecule has 39 heavy (non-hydrogen) atoms. The molecule has 2 amide bonds. The Morgan fingerprint density at radius 3 is 2.67 bits per heavy atom. The summed E-state index contributed by atoms with van der Waals surface area (Å²) < 4.78 is 46.5. The molecule has 3 aliphatic rings. The molecule has 0 unspecified atom stereocenters. The lowest BCUT2D eigenvalue weighted by Gasteiger charge is -2.30. The number of amides is 2. The minimum Gasteiger partial charge on any atom is -0.493 e. The molecule has 3 heterocycles. The van der Waals surface area contributed by atoms with Crippen LogP contribution in [-0.4, -0.2) is 59.6 Å². The van der Waals surface area contributed by atoms with Gasteiger partial charge in [0.15, 0.2) is 11.6 Å². The monoisotopic (exact) mass is 569 g/mol. The van der Waals surface area contributed by atoms with E-state index in [0.717, 1.165) is 31.4 Å². The number of hydroxylamine groups is 1. The molecule has 0 saturated heterocycles. The summed E-state index contributed by atoms with van der Waals surface area (Å²) in [6, 6.07) is 0. The van der Waals surface area contributed by atoms with Crippen molar-refractivity contribution < 1.29 is 36.5 Å². The van der Waals surface area contributed by atoms with E-state index in [2.05, 4.69) is 26.3 Å². The van der Waals surface area contributed by atoms with Crippen LogP contribution >= 0.6 is 0 Å². The van der Waals surface area contributed by atoms with Crippen molar-refractivity contribution in [3.05, 3.63) is 48.4 Å². The fourth-order valence-corrected chi connectivity index (χ4v) is 4.24. The Morgan fingerprint density at radius 2 is 1.97 bits per heavy atom. The zero-order valence-corrected chi connectivity index (χ0v) is 22.4. The quantitative estimate of drug-likeness (QED) is 0.139. The highest BCUT2D eigenvalue weighted by atomic mass is 32.2. The first-order chi connectivity index (χ1) is 18.5. The van der Waals surface area contributed by atoms with Crippen LogP contribution in [0.2, 0.25) is 0 Å². The molecule has 14 nitrogen and oxygen atoms in total. The normalized spacial score (nSPS) is 17.3. The summed E-state index contributed by atoms with van der Waals surface area (Å²) in [7, 11) is -3.67. The molecule has 214 valence electrons. The summed E-state index contributed by atoms with van der Waals surface area (Å²) in [6.07, 6.45) is 14.6. The molecule has 16 heteroatoms. The highest BCUT2D eigenvalue weighted by Gasteiger charge is 2.27. The lowest BCUT2D eigenvalue weighted by atomic mass is 9.93. The van der Waals surface area contributed by atoms with Crippen LogP contribution in [0.15, 0.2) is 36.8 Å². The molecule has 1 aromatic heterocycles. The van der Waals surface area contributed by atoms with Gasteiger partial charge in [0.25, 0.3) is 10.1 Å². The minimum atomic E-state index is -3.67. The summed E-state index contributed by atoms with van der Waals surface area (Å²) in [5.74, 6) is -1.01. The van der Waals surface area contributed by atoms with Gasteiger partial charge in [0.05, 0.1) is 24.5 Å². The highest BCUT2D eigenvalue weighted by molar-refractivity contribution is 7.85. The fourth-order valence-electron chi connectivity index (χ4n) is 4.24. The number of carbonyl (C=O) groups is 2. The number of ether oxygens (including phenoxy) is 1. The largest absolute Gasteiger partial charge is 0.493 e. The number of anilines is 2. The predicted molar refractivity (Wildman–Crippen MR) is 138 cm³/mol. The molecule has 1 aliphatic carbocycles. The van der Waals surface area contributed by atoms with E-state index in [0.29, 0.717) is 37.4 Å². The first kappa shape index (κ1) is 29.8. The molecule has 1 fully saturated rings. The number of rotatable bonds is 10. The number of carbonyl (C=O) groups excluding carboxylic acids is 2. The van der Waals surface area contributed by atoms with E-state index in [4.69, 9.17) is 14.1 Å². The van der Waals surface area contributed by atoms with Crippen LogP contribution in [-0.2, 0) is 29.3 Å². The second kappa shape index (κ2) is 13.9. The molecule has 0 bridgehead atoms. The maximum Gasteiger partial charge on any atom is 0.261 e. The van der Waals surface area contributed by atoms with Gasteiger partial charge >= 0.3 is 0 Å². The molecule has 0 aromatic carbocycles. The first-order valence-electron chi connectivity index (χ1n) is 12.1. The van der Waals surface area contributed by atoms with Crippen LogP contribution < -0.4 is 21.2 Å². The van der Waals surface area contributed by atoms with Gasteiger partial charge in [0.1, 0.15) is 18.7 Å². The smallest absolute Gasteiger partial charge is 0.261 e. The van der Waals surface area contributed by atoms with Gasteiger partial charge in [-0.15, -0.1) is 0 Å². The molecule has 1 saturated carbocycles. The zero-order valence-electron chi connectivity index (χ0n) is 21.5. The zero-order chi connectivity index (χ0) is 28.4. The lowest BCUT2D eigenvalue weighted by molar-refractivity contribution is -0.132. The predicted octanol–water partition coefficient (Wildman–Crippen LogP) is 1.68. The Kier molecular flexibility index (Phi) is 10.6. The Hall–Kier alpha value is -3.76. The summed E-state index contributed by atoms with van der Waals surface area (Å²) in [5.41, 5.74) is 8.06. The second-order valence-corrected chi connectivity index (χ2v) is 10.5. The summed E-state index contributed by atoms with van der Waals surface area (Å²) >= 11 is 0. The van der Waals surface area contributed by atoms with Crippen LogP contribution in [0.4, 0.5) is 16.0 Å². The van der Waals surface area contributed by atoms with Gasteiger partial charge in [-0.1, -0.05) is 25.7 Å². The molecule has 0 spiro atoms. The third-order valence-corrected chi connectivity index (χ3v) is 5.93. The maximum absolute atomic E-state index is 15.3. The van der Waals surface area contributed by atoms with Crippen LogP contribution in [0, 0.1) is 24.6 Å². The topological polar surface area (TPSA) is 175 Å². The number of hydrogen-bond donors (Lipinski definition) is 4. The highest BCUT2D eigenvalue weighted by Crippen LogP contribution is 2.31. The van der Waals surface area contributed by atoms with Crippen molar-refractivity contribution in [3.63, 3.8) is 0 Å². The molecular formula is C23H32FN7O7S. The number of fused-ring (bicyclic) bond motifs is 1. The van der Waals surface area contributed by atoms with Crippen molar-refractivity contribution in [2.24, 2.45) is 11.8 Å². The maximum atomic E-state index is 15.3. The Labute approximate surface area is 225 Å². The van der Waals surface area contributed by atoms with E-state index in [1.807, 2.05) is 4.90 Å². The molecule has 4 N–H and O–H groups in total. The van der Waals surface area contributed by atoms with Gasteiger partial charge in [-0.3, -0.25) is 29.8 Å². The Morgan fingerprint density at radius 1 is 1.28 bits per heavy atom. The standard InChI is InChI=1S/C22H28FN7O4.CH4O3S/c1-15-25-20(19(23)21(26-15)30-7-6-29-8-9-33-13-18(29)11-30)27-28-22(32)17(12-34-24-14-31)10-16-4-2-3-5-16;1-5(2,3)4/h6-9,11,14,16-17H,2-5,10,12-13H2,1H3,(H,24,31)(H,28,32)(H,25,26,27);1H3,(H,2,3,4)/t17-;/m1./s1. The summed E-state index contributed by atoms with van der Waals surface area (Å²) in [5, 5.41) is 0. The molecular weight excluding hydrogens is 537 g/mol. The molecule has 2 aliphatic heterocycles. The molecule has 4 rings (SSSR count). The Balaban J connectivity index is 0.000000771. The number of aromatic nitrogens is 2. The lowest BCUT2D eigenvalue weighted by Crippen LogP contribution is -2.39. The van der Waals surface area contributed by atoms with Gasteiger partial charge in [-0.2, -0.15) is 12.8 Å². The number of hydrogen-bond acceptors (Lipinski definition) is 11. The van der Waals surface area contributed by atoms with Crippen molar-refractivity contribution in [2.45, 2.75) is 39.0 Å². The van der Waals surface area contributed by atoms with E-state index in [-0.39, 0.29) is 24.1 Å². The molecule has 1 aromatic rings. The molecule has 1 atom stereocenters. The van der Waals surface area contributed by atoms with Crippen molar-refractivity contribution >= 4 is 34.1 Å². The third kappa shape index (κ3) is 9.49. The number of nitrogens with one attached hydrogen (secondary N) is 3. The second-order valence-electron chi connectivity index (χ2n) is 9.06. The van der Waals surface area contributed by atoms with Crippen molar-refractivity contribution in [1.29, 1.82) is 0 Å². The van der Waals surface area contributed by atoms with E-state index in [9.17, 15) is 18.0 Å². The van der Waals surface area contributed by atoms with Crippen LogP contribution in [0.5, 0.6) is 0 Å². The minimum absolute atomic E-state index is 0.0123. The van der Waals surface area contributed by atoms with Gasteiger partial charge in [0, 0.05) is 24.8 Å². The van der Waals surface area contributed by atoms with Crippen LogP contribution in [0.1, 0.15) is 37.9 Å². The summed E-state index contributed by atoms with van der Waals surface area (Å²) in [6.45, 7) is 1.99. The van der Waals surface area contributed by atoms with Gasteiger partial charge in [-0.05, 0) is 19.3 Å². The number of aryl methyl sites for hydroxylation is 1. The van der Waals surface area contributed by atoms with Crippen molar-refractivity contribution in [3.8, 4) is 0 Å². The van der Waals surface area contributed by atoms with E-state index < -0.39 is 21.9 Å². The van der Waals surface area contributed by atoms with E-state index >= 15 is 4.39 Å². The Bertz CT molecular complexity index is 1210. The van der Waals surface area contributed by atoms with Gasteiger partial charge < -0.3 is 14.5 Å². The molecule has 0 radical (unpaired) electrons. The van der Waals surface area contributed by atoms with Crippen molar-refractivity contribution in [2.75, 3.05) is 29.8 Å². The third-order valence-electron chi connectivity index (χ3n) is 5.93.